The summed E-state index contributed by atoms with van der Waals surface area (Å²) in [5.74, 6) is -0.348. The first kappa shape index (κ1) is 15.8. The highest BCUT2D eigenvalue weighted by Crippen LogP contribution is 2.18. The lowest BCUT2D eigenvalue weighted by molar-refractivity contribution is 0.0697. The predicted molar refractivity (Wildman–Crippen MR) is 94.0 cm³/mol. The number of carboxylic acids is 1. The van der Waals surface area contributed by atoms with E-state index < -0.39 is 5.97 Å². The monoisotopic (exact) mass is 338 g/mol. The van der Waals surface area contributed by atoms with Crippen molar-refractivity contribution in [3.8, 4) is 11.4 Å². The lowest BCUT2D eigenvalue weighted by Gasteiger charge is -2.02. The number of aromatic carboxylic acids is 1. The highest BCUT2D eigenvalue weighted by Gasteiger charge is 2.08. The maximum atomic E-state index is 10.9. The first-order valence-electron chi connectivity index (χ1n) is 7.17. The molecule has 0 fully saturated rings. The third-order valence-corrected chi connectivity index (χ3v) is 3.67. The summed E-state index contributed by atoms with van der Waals surface area (Å²) in [7, 11) is 0. The van der Waals surface area contributed by atoms with Gasteiger partial charge in [0.2, 0.25) is 4.77 Å². The molecule has 120 valence electrons. The Labute approximate surface area is 143 Å². The lowest BCUT2D eigenvalue weighted by Crippen LogP contribution is -1.97. The molecular weight excluding hydrogens is 324 g/mol. The van der Waals surface area contributed by atoms with Gasteiger partial charge in [0.1, 0.15) is 0 Å². The van der Waals surface area contributed by atoms with Gasteiger partial charge in [-0.25, -0.2) is 9.89 Å². The highest BCUT2D eigenvalue weighted by molar-refractivity contribution is 7.71. The van der Waals surface area contributed by atoms with Gasteiger partial charge in [-0.2, -0.15) is 14.9 Å². The number of hydrogen-bond donors (Lipinski definition) is 2. The molecule has 1 aromatic heterocycles. The molecule has 0 bridgehead atoms. The number of carboxylic acid groups (broad SMARTS) is 1. The van der Waals surface area contributed by atoms with Crippen molar-refractivity contribution < 1.29 is 9.90 Å². The first-order valence-corrected chi connectivity index (χ1v) is 7.57. The van der Waals surface area contributed by atoms with E-state index in [2.05, 4.69) is 15.3 Å². The fraction of sp³-hybridized carbons (Fsp3) is 0.0588. The molecule has 0 aliphatic carbocycles. The Morgan fingerprint density at radius 1 is 1.29 bits per heavy atom. The standard InChI is InChI=1S/C17H14N4O2S/c1-11-3-2-4-14(9-11)15-19-20-17(24)21(15)18-10-12-5-7-13(8-6-12)16(22)23/h2-10H,1H3,(H,20,24)(H,22,23). The van der Waals surface area contributed by atoms with E-state index in [1.54, 1.807) is 18.3 Å². The van der Waals surface area contributed by atoms with E-state index >= 15 is 0 Å². The molecule has 0 saturated heterocycles. The van der Waals surface area contributed by atoms with Crippen molar-refractivity contribution in [2.24, 2.45) is 5.10 Å². The number of H-pyrrole nitrogens is 1. The molecule has 0 radical (unpaired) electrons. The Balaban J connectivity index is 1.94. The molecule has 7 heteroatoms. The smallest absolute Gasteiger partial charge is 0.335 e. The van der Waals surface area contributed by atoms with Crippen molar-refractivity contribution in [2.45, 2.75) is 6.92 Å². The molecule has 0 unspecified atom stereocenters. The summed E-state index contributed by atoms with van der Waals surface area (Å²) in [5.41, 5.74) is 3.01. The van der Waals surface area contributed by atoms with Crippen LogP contribution in [0, 0.1) is 11.7 Å². The molecule has 0 atom stereocenters. The third-order valence-electron chi connectivity index (χ3n) is 3.41. The summed E-state index contributed by atoms with van der Waals surface area (Å²) in [4.78, 5) is 10.9. The molecule has 0 amide bonds. The average Bonchev–Trinajstić information content (AvgIpc) is 2.94. The quantitative estimate of drug-likeness (QED) is 0.563. The fourth-order valence-corrected chi connectivity index (χ4v) is 2.39. The van der Waals surface area contributed by atoms with E-state index in [0.29, 0.717) is 10.6 Å². The van der Waals surface area contributed by atoms with E-state index in [9.17, 15) is 4.79 Å². The number of nitrogens with one attached hydrogen (secondary N) is 1. The second-order valence-corrected chi connectivity index (χ2v) is 5.59. The van der Waals surface area contributed by atoms with E-state index in [1.807, 2.05) is 31.2 Å². The van der Waals surface area contributed by atoms with Gasteiger partial charge in [0.25, 0.3) is 0 Å². The van der Waals surface area contributed by atoms with Gasteiger partial charge < -0.3 is 5.11 Å². The summed E-state index contributed by atoms with van der Waals surface area (Å²) in [6.07, 6.45) is 1.61. The van der Waals surface area contributed by atoms with E-state index in [0.717, 1.165) is 16.7 Å². The minimum absolute atomic E-state index is 0.229. The minimum Gasteiger partial charge on any atom is -0.478 e. The van der Waals surface area contributed by atoms with Gasteiger partial charge in [0.05, 0.1) is 11.8 Å². The summed E-state index contributed by atoms with van der Waals surface area (Å²) in [5, 5.41) is 20.2. The fourth-order valence-electron chi connectivity index (χ4n) is 2.21. The maximum Gasteiger partial charge on any atom is 0.335 e. The zero-order chi connectivity index (χ0) is 17.1. The zero-order valence-electron chi connectivity index (χ0n) is 12.8. The molecule has 6 nitrogen and oxygen atoms in total. The Kier molecular flexibility index (Phi) is 4.35. The number of hydrogen-bond acceptors (Lipinski definition) is 4. The van der Waals surface area contributed by atoms with Crippen LogP contribution < -0.4 is 0 Å². The van der Waals surface area contributed by atoms with E-state index in [4.69, 9.17) is 17.3 Å². The Hall–Kier alpha value is -3.06. The van der Waals surface area contributed by atoms with Gasteiger partial charge >= 0.3 is 5.97 Å². The van der Waals surface area contributed by atoms with Crippen molar-refractivity contribution in [1.82, 2.24) is 14.9 Å². The summed E-state index contributed by atoms with van der Waals surface area (Å²) < 4.78 is 1.92. The van der Waals surface area contributed by atoms with Crippen molar-refractivity contribution in [1.29, 1.82) is 0 Å². The van der Waals surface area contributed by atoms with Crippen LogP contribution in [-0.2, 0) is 0 Å². The van der Waals surface area contributed by atoms with Gasteiger partial charge in [-0.15, -0.1) is 0 Å². The van der Waals surface area contributed by atoms with Crippen LogP contribution in [0.15, 0.2) is 53.6 Å². The number of aromatic amines is 1. The minimum atomic E-state index is -0.961. The number of aromatic nitrogens is 3. The predicted octanol–water partition coefficient (Wildman–Crippen LogP) is 3.50. The summed E-state index contributed by atoms with van der Waals surface area (Å²) >= 11 is 5.23. The molecule has 0 aliphatic rings. The van der Waals surface area contributed by atoms with Gasteiger partial charge in [0.15, 0.2) is 5.82 Å². The SMILES string of the molecule is Cc1cccc(-c2n[nH]c(=S)n2N=Cc2ccc(C(=O)O)cc2)c1. The topological polar surface area (TPSA) is 83.3 Å². The molecule has 1 heterocycles. The second-order valence-electron chi connectivity index (χ2n) is 5.21. The molecule has 0 aliphatic heterocycles. The third kappa shape index (κ3) is 3.31. The maximum absolute atomic E-state index is 10.9. The molecule has 2 aromatic carbocycles. The molecule has 24 heavy (non-hydrogen) atoms. The van der Waals surface area contributed by atoms with Crippen LogP contribution >= 0.6 is 12.2 Å². The molecule has 2 N–H and O–H groups in total. The molecule has 0 saturated carbocycles. The Morgan fingerprint density at radius 3 is 2.71 bits per heavy atom. The van der Waals surface area contributed by atoms with Crippen LogP contribution in [0.1, 0.15) is 21.5 Å². The Bertz CT molecular complexity index is 971. The average molecular weight is 338 g/mol. The molecular formula is C17H14N4O2S. The first-order chi connectivity index (χ1) is 11.5. The van der Waals surface area contributed by atoms with Gasteiger partial charge in [-0.1, -0.05) is 35.9 Å². The molecule has 0 spiro atoms. The van der Waals surface area contributed by atoms with Gasteiger partial charge in [0, 0.05) is 5.56 Å². The lowest BCUT2D eigenvalue weighted by atomic mass is 10.1. The number of aryl methyl sites for hydroxylation is 1. The largest absolute Gasteiger partial charge is 0.478 e. The van der Waals surface area contributed by atoms with Crippen LogP contribution in [0.4, 0.5) is 0 Å². The normalized spacial score (nSPS) is 11.0. The van der Waals surface area contributed by atoms with E-state index in [1.165, 1.54) is 16.8 Å². The van der Waals surface area contributed by atoms with Gasteiger partial charge in [-0.05, 0) is 42.9 Å². The van der Waals surface area contributed by atoms with Crippen LogP contribution in [0.25, 0.3) is 11.4 Å². The van der Waals surface area contributed by atoms with Crippen molar-refractivity contribution in [2.75, 3.05) is 0 Å². The molecule has 3 aromatic rings. The van der Waals surface area contributed by atoms with Crippen LogP contribution in [-0.4, -0.2) is 32.2 Å². The number of carbonyl (C=O) groups is 1. The van der Waals surface area contributed by atoms with Crippen LogP contribution in [0.3, 0.4) is 0 Å². The van der Waals surface area contributed by atoms with Crippen molar-refractivity contribution >= 4 is 24.4 Å². The van der Waals surface area contributed by atoms with Crippen LogP contribution in [0.2, 0.25) is 0 Å². The second kappa shape index (κ2) is 6.59. The van der Waals surface area contributed by atoms with E-state index in [-0.39, 0.29) is 5.56 Å². The highest BCUT2D eigenvalue weighted by atomic mass is 32.1. The number of nitrogens with zero attached hydrogens (tertiary/aromatic N) is 3. The van der Waals surface area contributed by atoms with Crippen LogP contribution in [0.5, 0.6) is 0 Å². The van der Waals surface area contributed by atoms with Crippen molar-refractivity contribution in [3.63, 3.8) is 0 Å². The molecule has 3 rings (SSSR count). The van der Waals surface area contributed by atoms with Gasteiger partial charge in [-0.3, -0.25) is 0 Å². The summed E-state index contributed by atoms with van der Waals surface area (Å²) in [6.45, 7) is 2.00. The number of benzene rings is 2. The number of rotatable bonds is 4. The Morgan fingerprint density at radius 2 is 2.04 bits per heavy atom. The zero-order valence-corrected chi connectivity index (χ0v) is 13.6. The van der Waals surface area contributed by atoms with Crippen molar-refractivity contribution in [3.05, 3.63) is 70.0 Å². The summed E-state index contributed by atoms with van der Waals surface area (Å²) in [6, 6.07) is 14.3.